The summed E-state index contributed by atoms with van der Waals surface area (Å²) in [4.78, 5) is 16.6. The highest BCUT2D eigenvalue weighted by Gasteiger charge is 2.38. The number of anilines is 1. The molecule has 0 saturated carbocycles. The third-order valence-corrected chi connectivity index (χ3v) is 4.59. The van der Waals surface area contributed by atoms with Gasteiger partial charge in [-0.2, -0.15) is 13.2 Å². The largest absolute Gasteiger partial charge is 0.490 e. The molecule has 1 heterocycles. The van der Waals surface area contributed by atoms with Crippen molar-refractivity contribution >= 4 is 39.2 Å². The molecule has 0 fully saturated rings. The number of rotatable bonds is 7. The number of carbonyl (C=O) groups is 1. The first-order valence-electron chi connectivity index (χ1n) is 8.31. The Balaban J connectivity index is 2.50. The molecule has 1 amide bonds. The number of aliphatic hydroxyl groups excluding tert-OH is 1. The van der Waals surface area contributed by atoms with Gasteiger partial charge in [0.25, 0.3) is 0 Å². The molecule has 0 spiro atoms. The van der Waals surface area contributed by atoms with Gasteiger partial charge in [0.2, 0.25) is 0 Å². The summed E-state index contributed by atoms with van der Waals surface area (Å²) < 4.78 is 43.0. The third-order valence-electron chi connectivity index (χ3n) is 3.48. The van der Waals surface area contributed by atoms with Gasteiger partial charge < -0.3 is 15.2 Å². The minimum Gasteiger partial charge on any atom is -0.490 e. The highest BCUT2D eigenvalue weighted by molar-refractivity contribution is 8.10. The Morgan fingerprint density at radius 3 is 2.68 bits per heavy atom. The fourth-order valence-electron chi connectivity index (χ4n) is 2.29. The number of pyridine rings is 1. The Kier molecular flexibility index (Phi) is 7.47. The zero-order valence-corrected chi connectivity index (χ0v) is 16.0. The van der Waals surface area contributed by atoms with Gasteiger partial charge in [0.1, 0.15) is 12.4 Å². The number of nitrogens with zero attached hydrogens (tertiary/aromatic N) is 1. The van der Waals surface area contributed by atoms with Crippen LogP contribution in [0.2, 0.25) is 0 Å². The predicted molar refractivity (Wildman–Crippen MR) is 105 cm³/mol. The van der Waals surface area contributed by atoms with Crippen LogP contribution in [0.5, 0.6) is 5.75 Å². The van der Waals surface area contributed by atoms with Crippen molar-refractivity contribution in [3.05, 3.63) is 47.5 Å². The first kappa shape index (κ1) is 21.8. The van der Waals surface area contributed by atoms with Crippen LogP contribution in [0.15, 0.2) is 41.8 Å². The lowest BCUT2D eigenvalue weighted by Crippen LogP contribution is -2.29. The molecule has 0 aliphatic rings. The number of alkyl halides is 3. The Bertz CT molecular complexity index is 911. The van der Waals surface area contributed by atoms with Crippen LogP contribution >= 0.6 is 11.8 Å². The van der Waals surface area contributed by atoms with Gasteiger partial charge in [-0.1, -0.05) is 23.9 Å². The number of fused-ring (bicyclic) bond motifs is 1. The van der Waals surface area contributed by atoms with Crippen LogP contribution in [-0.2, 0) is 4.79 Å². The van der Waals surface area contributed by atoms with Crippen molar-refractivity contribution in [3.8, 4) is 5.75 Å². The van der Waals surface area contributed by atoms with Gasteiger partial charge in [-0.15, -0.1) is 0 Å². The highest BCUT2D eigenvalue weighted by atomic mass is 32.2. The van der Waals surface area contributed by atoms with Gasteiger partial charge in [-0.3, -0.25) is 4.79 Å². The average Bonchev–Trinajstić information content (AvgIpc) is 2.66. The van der Waals surface area contributed by atoms with Crippen LogP contribution in [0, 0.1) is 0 Å². The number of aliphatic hydroxyl groups is 1. The summed E-state index contributed by atoms with van der Waals surface area (Å²) in [6.07, 6.45) is -1.22. The predicted octanol–water partition coefficient (Wildman–Crippen LogP) is 4.73. The first-order valence-corrected chi connectivity index (χ1v) is 9.19. The number of hydrogen-bond acceptors (Lipinski definition) is 5. The summed E-state index contributed by atoms with van der Waals surface area (Å²) in [5, 5.41) is 13.2. The van der Waals surface area contributed by atoms with E-state index in [9.17, 15) is 18.0 Å². The fraction of sp³-hybridized carbons (Fsp3) is 0.263. The molecule has 2 rings (SSSR count). The normalized spacial score (nSPS) is 12.6. The zero-order valence-electron chi connectivity index (χ0n) is 15.2. The maximum atomic E-state index is 12.5. The summed E-state index contributed by atoms with van der Waals surface area (Å²) in [5.41, 5.74) is 1.07. The summed E-state index contributed by atoms with van der Waals surface area (Å²) >= 11 is 1.46. The molecular weight excluding hydrogens is 393 g/mol. The summed E-state index contributed by atoms with van der Waals surface area (Å²) in [6.45, 7) is 3.53. The van der Waals surface area contributed by atoms with E-state index < -0.39 is 12.1 Å². The number of benzene rings is 1. The third kappa shape index (κ3) is 5.49. The van der Waals surface area contributed by atoms with E-state index in [1.54, 1.807) is 6.07 Å². The second kappa shape index (κ2) is 9.61. The number of hydrogen-bond donors (Lipinski definition) is 2. The van der Waals surface area contributed by atoms with Gasteiger partial charge in [0.15, 0.2) is 0 Å². The smallest absolute Gasteiger partial charge is 0.471 e. The van der Waals surface area contributed by atoms with Crippen LogP contribution in [0.1, 0.15) is 19.5 Å². The molecule has 5 nitrogen and oxygen atoms in total. The van der Waals surface area contributed by atoms with Crippen molar-refractivity contribution in [1.82, 2.24) is 4.98 Å². The van der Waals surface area contributed by atoms with Crippen molar-refractivity contribution in [2.45, 2.75) is 20.0 Å². The standard InChI is InChI=1S/C19H19F3N2O3S/c1-3-9-28-17(4-2)15-11-16(27-8-7-25)13-10-12(5-6-14(13)24-15)23-18(26)19(20,21)22/h3-6,9-11,25H,7-8H2,1-2H3,(H,23,26)/b9-3-,17-4-. The topological polar surface area (TPSA) is 71.5 Å². The lowest BCUT2D eigenvalue weighted by Gasteiger charge is -2.14. The fourth-order valence-corrected chi connectivity index (χ4v) is 2.94. The van der Waals surface area contributed by atoms with E-state index in [1.807, 2.05) is 36.7 Å². The van der Waals surface area contributed by atoms with E-state index in [4.69, 9.17) is 9.84 Å². The molecule has 9 heteroatoms. The van der Waals surface area contributed by atoms with Crippen LogP contribution in [0.4, 0.5) is 18.9 Å². The van der Waals surface area contributed by atoms with E-state index in [2.05, 4.69) is 4.98 Å². The first-order chi connectivity index (χ1) is 13.3. The molecule has 0 aliphatic heterocycles. The van der Waals surface area contributed by atoms with Gasteiger partial charge in [0, 0.05) is 22.0 Å². The van der Waals surface area contributed by atoms with Gasteiger partial charge in [-0.25, -0.2) is 4.98 Å². The number of nitrogens with one attached hydrogen (secondary N) is 1. The van der Waals surface area contributed by atoms with E-state index >= 15 is 0 Å². The maximum absolute atomic E-state index is 12.5. The molecular formula is C19H19F3N2O3S. The van der Waals surface area contributed by atoms with E-state index in [0.29, 0.717) is 22.3 Å². The molecule has 0 aliphatic carbocycles. The summed E-state index contributed by atoms with van der Waals surface area (Å²) in [5.74, 6) is -1.72. The Labute approximate surface area is 164 Å². The quantitative estimate of drug-likeness (QED) is 0.688. The Morgan fingerprint density at radius 2 is 2.07 bits per heavy atom. The van der Waals surface area contributed by atoms with Gasteiger partial charge >= 0.3 is 12.1 Å². The number of amides is 1. The van der Waals surface area contributed by atoms with Crippen molar-refractivity contribution in [3.63, 3.8) is 0 Å². The van der Waals surface area contributed by atoms with Crippen molar-refractivity contribution in [2.75, 3.05) is 18.5 Å². The van der Waals surface area contributed by atoms with E-state index in [1.165, 1.54) is 30.0 Å². The van der Waals surface area contributed by atoms with Gasteiger partial charge in [-0.05, 0) is 37.5 Å². The number of aromatic nitrogens is 1. The molecule has 0 bridgehead atoms. The van der Waals surface area contributed by atoms with Crippen LogP contribution in [0.25, 0.3) is 15.8 Å². The van der Waals surface area contributed by atoms with Crippen LogP contribution in [0.3, 0.4) is 0 Å². The lowest BCUT2D eigenvalue weighted by molar-refractivity contribution is -0.167. The van der Waals surface area contributed by atoms with E-state index in [-0.39, 0.29) is 18.9 Å². The molecule has 28 heavy (non-hydrogen) atoms. The Hall–Kier alpha value is -2.52. The number of ether oxygens (including phenoxy) is 1. The molecule has 1 aromatic carbocycles. The van der Waals surface area contributed by atoms with Crippen molar-refractivity contribution in [1.29, 1.82) is 0 Å². The zero-order chi connectivity index (χ0) is 20.7. The lowest BCUT2D eigenvalue weighted by atomic mass is 10.1. The molecule has 150 valence electrons. The highest BCUT2D eigenvalue weighted by Crippen LogP contribution is 2.34. The number of carbonyl (C=O) groups excluding carboxylic acids is 1. The second-order valence-electron chi connectivity index (χ2n) is 5.50. The second-order valence-corrected chi connectivity index (χ2v) is 6.45. The minimum absolute atomic E-state index is 0.00483. The van der Waals surface area contributed by atoms with E-state index in [0.717, 1.165) is 4.91 Å². The summed E-state index contributed by atoms with van der Waals surface area (Å²) in [7, 11) is 0. The van der Waals surface area contributed by atoms with Crippen molar-refractivity contribution in [2.24, 2.45) is 0 Å². The maximum Gasteiger partial charge on any atom is 0.471 e. The number of allylic oxidation sites excluding steroid dienone is 2. The monoisotopic (exact) mass is 412 g/mol. The molecule has 0 unspecified atom stereocenters. The molecule has 0 radical (unpaired) electrons. The summed E-state index contributed by atoms with van der Waals surface area (Å²) in [6, 6.07) is 5.85. The van der Waals surface area contributed by atoms with Gasteiger partial charge in [0.05, 0.1) is 17.8 Å². The number of halogens is 3. The minimum atomic E-state index is -4.99. The molecule has 2 N–H and O–H groups in total. The molecule has 1 aromatic heterocycles. The SMILES string of the molecule is C/C=C\S/C(=C\C)c1cc(OCCO)c2cc(NC(=O)C(F)(F)F)ccc2n1. The molecule has 0 atom stereocenters. The van der Waals surface area contributed by atoms with Crippen molar-refractivity contribution < 1.29 is 27.8 Å². The average molecular weight is 412 g/mol. The van der Waals surface area contributed by atoms with Crippen LogP contribution < -0.4 is 10.1 Å². The van der Waals surface area contributed by atoms with Crippen LogP contribution in [-0.4, -0.2) is 35.4 Å². The molecule has 0 saturated heterocycles. The Morgan fingerprint density at radius 1 is 1.32 bits per heavy atom. The molecule has 2 aromatic rings. The number of thioether (sulfide) groups is 1.